The fraction of sp³-hybridized carbons (Fsp3) is 0.211. The number of rotatable bonds is 6. The molecule has 3 N–H and O–H groups in total. The van der Waals surface area contributed by atoms with Crippen LogP contribution in [0.1, 0.15) is 39.6 Å². The molecule has 0 unspecified atom stereocenters. The van der Waals surface area contributed by atoms with Crippen molar-refractivity contribution in [3.8, 4) is 0 Å². The second-order valence-electron chi connectivity index (χ2n) is 5.57. The van der Waals surface area contributed by atoms with Crippen LogP contribution in [0.15, 0.2) is 53.0 Å². The maximum Gasteiger partial charge on any atom is 0.269 e. The van der Waals surface area contributed by atoms with Crippen molar-refractivity contribution in [2.45, 2.75) is 19.8 Å². The number of amides is 3. The number of aryl methyl sites for hydroxylation is 1. The number of carbonyl (C=O) groups is 3. The second-order valence-corrected chi connectivity index (χ2v) is 6.48. The highest BCUT2D eigenvalue weighted by atomic mass is 79.9. The van der Waals surface area contributed by atoms with E-state index in [-0.39, 0.29) is 30.7 Å². The van der Waals surface area contributed by atoms with Gasteiger partial charge in [-0.25, -0.2) is 0 Å². The number of hydrogen-bond donors (Lipinski definition) is 3. The smallest absolute Gasteiger partial charge is 0.269 e. The van der Waals surface area contributed by atoms with Gasteiger partial charge in [-0.2, -0.15) is 0 Å². The van der Waals surface area contributed by atoms with Gasteiger partial charge in [0.05, 0.1) is 0 Å². The van der Waals surface area contributed by atoms with Crippen LogP contribution in [-0.4, -0.2) is 24.3 Å². The van der Waals surface area contributed by atoms with E-state index < -0.39 is 0 Å². The van der Waals surface area contributed by atoms with Gasteiger partial charge < -0.3 is 5.32 Å². The van der Waals surface area contributed by atoms with Gasteiger partial charge in [0.2, 0.25) is 5.91 Å². The Morgan fingerprint density at radius 1 is 0.846 bits per heavy atom. The summed E-state index contributed by atoms with van der Waals surface area (Å²) in [5.74, 6) is -1.04. The summed E-state index contributed by atoms with van der Waals surface area (Å²) in [5, 5.41) is 2.65. The van der Waals surface area contributed by atoms with E-state index in [0.717, 1.165) is 16.5 Å². The first-order chi connectivity index (χ1) is 12.5. The van der Waals surface area contributed by atoms with Crippen LogP contribution < -0.4 is 16.2 Å². The lowest BCUT2D eigenvalue weighted by molar-refractivity contribution is -0.121. The third kappa shape index (κ3) is 6.00. The van der Waals surface area contributed by atoms with Crippen molar-refractivity contribution in [2.24, 2.45) is 0 Å². The van der Waals surface area contributed by atoms with E-state index in [1.165, 1.54) is 0 Å². The molecule has 0 radical (unpaired) electrons. The Hall–Kier alpha value is -2.67. The van der Waals surface area contributed by atoms with Gasteiger partial charge in [-0.15, -0.1) is 0 Å². The molecule has 7 heteroatoms. The quantitative estimate of drug-likeness (QED) is 0.631. The Morgan fingerprint density at radius 2 is 1.42 bits per heavy atom. The van der Waals surface area contributed by atoms with Crippen molar-refractivity contribution in [1.29, 1.82) is 0 Å². The molecule has 0 aliphatic rings. The van der Waals surface area contributed by atoms with Gasteiger partial charge in [0.15, 0.2) is 0 Å². The van der Waals surface area contributed by atoms with E-state index >= 15 is 0 Å². The van der Waals surface area contributed by atoms with Crippen molar-refractivity contribution in [3.05, 3.63) is 69.7 Å². The van der Waals surface area contributed by atoms with Gasteiger partial charge >= 0.3 is 0 Å². The van der Waals surface area contributed by atoms with Crippen LogP contribution in [0.3, 0.4) is 0 Å². The van der Waals surface area contributed by atoms with E-state index in [0.29, 0.717) is 11.1 Å². The highest BCUT2D eigenvalue weighted by molar-refractivity contribution is 9.10. The van der Waals surface area contributed by atoms with E-state index in [2.05, 4.69) is 32.1 Å². The van der Waals surface area contributed by atoms with Crippen LogP contribution in [0.5, 0.6) is 0 Å². The first kappa shape index (κ1) is 19.7. The third-order valence-corrected chi connectivity index (χ3v) is 4.21. The van der Waals surface area contributed by atoms with Gasteiger partial charge in [-0.3, -0.25) is 25.2 Å². The average Bonchev–Trinajstić information content (AvgIpc) is 2.66. The molecule has 2 aromatic carbocycles. The van der Waals surface area contributed by atoms with Gasteiger partial charge in [0, 0.05) is 28.6 Å². The highest BCUT2D eigenvalue weighted by Gasteiger charge is 2.09. The molecule has 0 saturated heterocycles. The van der Waals surface area contributed by atoms with E-state index in [1.54, 1.807) is 36.4 Å². The molecule has 26 heavy (non-hydrogen) atoms. The number of hydrazine groups is 1. The summed E-state index contributed by atoms with van der Waals surface area (Å²) in [6, 6.07) is 14.1. The highest BCUT2D eigenvalue weighted by Crippen LogP contribution is 2.10. The van der Waals surface area contributed by atoms with E-state index in [4.69, 9.17) is 0 Å². The topological polar surface area (TPSA) is 87.3 Å². The predicted octanol–water partition coefficient (Wildman–Crippen LogP) is 2.59. The molecule has 0 aromatic heterocycles. The largest absolute Gasteiger partial charge is 0.352 e. The minimum absolute atomic E-state index is 0.0529. The standard InChI is InChI=1S/C19H20BrN3O3/c1-2-13-3-5-15(6-4-13)19(26)23-22-17(24)11-12-21-18(25)14-7-9-16(20)10-8-14/h3-10H,2,11-12H2,1H3,(H,21,25)(H,22,24)(H,23,26). The Bertz CT molecular complexity index is 774. The molecule has 0 fully saturated rings. The fourth-order valence-corrected chi connectivity index (χ4v) is 2.41. The van der Waals surface area contributed by atoms with Crippen LogP contribution in [0, 0.1) is 0 Å². The van der Waals surface area contributed by atoms with Crippen molar-refractivity contribution < 1.29 is 14.4 Å². The molecule has 0 heterocycles. The Kier molecular flexibility index (Phi) is 7.35. The zero-order valence-electron chi connectivity index (χ0n) is 14.3. The maximum absolute atomic E-state index is 11.9. The van der Waals surface area contributed by atoms with Gasteiger partial charge in [-0.1, -0.05) is 35.0 Å². The monoisotopic (exact) mass is 417 g/mol. The van der Waals surface area contributed by atoms with E-state index in [9.17, 15) is 14.4 Å². The van der Waals surface area contributed by atoms with Gasteiger partial charge in [-0.05, 0) is 48.4 Å². The number of benzene rings is 2. The summed E-state index contributed by atoms with van der Waals surface area (Å²) in [4.78, 5) is 35.6. The molecule has 2 rings (SSSR count). The van der Waals surface area contributed by atoms with Gasteiger partial charge in [0.25, 0.3) is 11.8 Å². The van der Waals surface area contributed by atoms with Crippen molar-refractivity contribution in [1.82, 2.24) is 16.2 Å². The molecular weight excluding hydrogens is 398 g/mol. The summed E-state index contributed by atoms with van der Waals surface area (Å²) < 4.78 is 0.883. The molecular formula is C19H20BrN3O3. The fourth-order valence-electron chi connectivity index (χ4n) is 2.15. The van der Waals surface area contributed by atoms with Gasteiger partial charge in [0.1, 0.15) is 0 Å². The summed E-state index contributed by atoms with van der Waals surface area (Å²) in [7, 11) is 0. The number of carbonyl (C=O) groups excluding carboxylic acids is 3. The first-order valence-corrected chi connectivity index (χ1v) is 9.00. The zero-order chi connectivity index (χ0) is 18.9. The summed E-state index contributed by atoms with van der Waals surface area (Å²) in [6.07, 6.45) is 0.946. The minimum atomic E-state index is -0.389. The van der Waals surface area contributed by atoms with Crippen molar-refractivity contribution in [3.63, 3.8) is 0 Å². The minimum Gasteiger partial charge on any atom is -0.352 e. The lowest BCUT2D eigenvalue weighted by Crippen LogP contribution is -2.42. The molecule has 6 nitrogen and oxygen atoms in total. The number of halogens is 1. The van der Waals surface area contributed by atoms with E-state index in [1.807, 2.05) is 19.1 Å². The van der Waals surface area contributed by atoms with Crippen LogP contribution in [0.25, 0.3) is 0 Å². The zero-order valence-corrected chi connectivity index (χ0v) is 15.9. The third-order valence-electron chi connectivity index (χ3n) is 3.68. The predicted molar refractivity (Wildman–Crippen MR) is 103 cm³/mol. The molecule has 0 bridgehead atoms. The van der Waals surface area contributed by atoms with Crippen LogP contribution in [0.4, 0.5) is 0 Å². The molecule has 136 valence electrons. The first-order valence-electron chi connectivity index (χ1n) is 8.21. The normalized spacial score (nSPS) is 10.1. The Morgan fingerprint density at radius 3 is 2.04 bits per heavy atom. The lowest BCUT2D eigenvalue weighted by Gasteiger charge is -2.09. The van der Waals surface area contributed by atoms with Crippen LogP contribution in [0.2, 0.25) is 0 Å². The second kappa shape index (κ2) is 9.72. The summed E-state index contributed by atoms with van der Waals surface area (Å²) in [5.41, 5.74) is 6.80. The maximum atomic E-state index is 11.9. The SMILES string of the molecule is CCc1ccc(C(=O)NNC(=O)CCNC(=O)c2ccc(Br)cc2)cc1. The summed E-state index contributed by atoms with van der Waals surface area (Å²) in [6.45, 7) is 2.20. The summed E-state index contributed by atoms with van der Waals surface area (Å²) >= 11 is 3.30. The molecule has 0 atom stereocenters. The molecule has 2 aromatic rings. The van der Waals surface area contributed by atoms with Crippen molar-refractivity contribution in [2.75, 3.05) is 6.54 Å². The number of nitrogens with one attached hydrogen (secondary N) is 3. The average molecular weight is 418 g/mol. The molecule has 0 spiro atoms. The Labute approximate surface area is 160 Å². The molecule has 0 saturated carbocycles. The Balaban J connectivity index is 1.70. The van der Waals surface area contributed by atoms with Crippen LogP contribution >= 0.6 is 15.9 Å². The lowest BCUT2D eigenvalue weighted by atomic mass is 10.1. The molecule has 0 aliphatic carbocycles. The van der Waals surface area contributed by atoms with Crippen LogP contribution in [-0.2, 0) is 11.2 Å². The molecule has 3 amide bonds. The van der Waals surface area contributed by atoms with Crippen molar-refractivity contribution >= 4 is 33.7 Å². The molecule has 0 aliphatic heterocycles. The number of hydrogen-bond acceptors (Lipinski definition) is 3.